The van der Waals surface area contributed by atoms with Gasteiger partial charge in [-0.25, -0.2) is 18.2 Å². The molecule has 2 heterocycles. The number of urea groups is 1. The summed E-state index contributed by atoms with van der Waals surface area (Å²) in [7, 11) is -3.31. The van der Waals surface area contributed by atoms with Gasteiger partial charge < -0.3 is 20.3 Å². The van der Waals surface area contributed by atoms with Crippen LogP contribution in [0.5, 0.6) is 0 Å². The number of carbonyl (C=O) groups excluding carboxylic acids is 1. The number of nitrogens with one attached hydrogen (secondary N) is 2. The maximum Gasteiger partial charge on any atom is 0.318 e. The van der Waals surface area contributed by atoms with Crippen LogP contribution in [0.3, 0.4) is 0 Å². The van der Waals surface area contributed by atoms with Gasteiger partial charge in [-0.3, -0.25) is 4.79 Å². The summed E-state index contributed by atoms with van der Waals surface area (Å²) in [5.41, 5.74) is 0. The van der Waals surface area contributed by atoms with Crippen molar-refractivity contribution in [3.63, 3.8) is 0 Å². The van der Waals surface area contributed by atoms with Crippen LogP contribution in [0.15, 0.2) is 12.4 Å². The number of H-pyrrole nitrogens is 1. The first kappa shape index (κ1) is 15.3. The number of aliphatic carboxylic acids is 1. The molecule has 3 N–H and O–H groups in total. The minimum absolute atomic E-state index is 0.00965. The second kappa shape index (κ2) is 6.12. The van der Waals surface area contributed by atoms with E-state index in [0.717, 1.165) is 0 Å². The Morgan fingerprint density at radius 2 is 2.29 bits per heavy atom. The SMILES string of the molecule is O=C(O)CC1CS(=O)(=O)CCN1C(=O)NCc1ncc[nH]1. The lowest BCUT2D eigenvalue weighted by Gasteiger charge is -2.34. The normalized spacial score (nSPS) is 21.0. The van der Waals surface area contributed by atoms with Crippen LogP contribution < -0.4 is 5.32 Å². The first-order valence-electron chi connectivity index (χ1n) is 6.32. The molecular weight excluding hydrogens is 300 g/mol. The number of hydrogen-bond acceptors (Lipinski definition) is 5. The van der Waals surface area contributed by atoms with E-state index in [9.17, 15) is 18.0 Å². The lowest BCUT2D eigenvalue weighted by molar-refractivity contribution is -0.138. The maximum absolute atomic E-state index is 12.1. The van der Waals surface area contributed by atoms with Crippen LogP contribution in [0.4, 0.5) is 4.79 Å². The molecule has 1 aromatic rings. The molecule has 0 bridgehead atoms. The van der Waals surface area contributed by atoms with Crippen molar-refractivity contribution in [2.24, 2.45) is 0 Å². The van der Waals surface area contributed by atoms with E-state index < -0.39 is 34.3 Å². The third-order valence-electron chi connectivity index (χ3n) is 3.16. The van der Waals surface area contributed by atoms with Gasteiger partial charge in [-0.05, 0) is 0 Å². The number of rotatable bonds is 4. The minimum atomic E-state index is -3.31. The van der Waals surface area contributed by atoms with Crippen LogP contribution >= 0.6 is 0 Å². The first-order valence-corrected chi connectivity index (χ1v) is 8.14. The van der Waals surface area contributed by atoms with E-state index in [1.54, 1.807) is 12.4 Å². The van der Waals surface area contributed by atoms with Crippen molar-refractivity contribution >= 4 is 21.8 Å². The zero-order valence-corrected chi connectivity index (χ0v) is 12.0. The predicted octanol–water partition coefficient (Wildman–Crippen LogP) is -0.807. The molecule has 10 heteroatoms. The highest BCUT2D eigenvalue weighted by molar-refractivity contribution is 7.91. The molecule has 0 saturated carbocycles. The van der Waals surface area contributed by atoms with Crippen LogP contribution in [-0.4, -0.2) is 64.5 Å². The van der Waals surface area contributed by atoms with Crippen molar-refractivity contribution in [1.29, 1.82) is 0 Å². The highest BCUT2D eigenvalue weighted by Gasteiger charge is 2.35. The Kier molecular flexibility index (Phi) is 4.46. The largest absolute Gasteiger partial charge is 0.481 e. The molecular formula is C11H16N4O5S. The molecule has 1 aliphatic heterocycles. The summed E-state index contributed by atoms with van der Waals surface area (Å²) < 4.78 is 23.2. The number of imidazole rings is 1. The van der Waals surface area contributed by atoms with Crippen molar-refractivity contribution < 1.29 is 23.1 Å². The molecule has 21 heavy (non-hydrogen) atoms. The Hall–Kier alpha value is -2.10. The monoisotopic (exact) mass is 316 g/mol. The van der Waals surface area contributed by atoms with Gasteiger partial charge in [0.25, 0.3) is 0 Å². The number of carbonyl (C=O) groups is 2. The molecule has 2 amide bonds. The van der Waals surface area contributed by atoms with E-state index in [4.69, 9.17) is 5.11 Å². The molecule has 2 rings (SSSR count). The number of sulfone groups is 1. The summed E-state index contributed by atoms with van der Waals surface area (Å²) in [5.74, 6) is -1.06. The van der Waals surface area contributed by atoms with Crippen LogP contribution in [0.25, 0.3) is 0 Å². The van der Waals surface area contributed by atoms with Crippen LogP contribution in [-0.2, 0) is 21.2 Å². The van der Waals surface area contributed by atoms with Crippen LogP contribution in [0.2, 0.25) is 0 Å². The fraction of sp³-hybridized carbons (Fsp3) is 0.545. The summed E-state index contributed by atoms with van der Waals surface area (Å²) in [6.45, 7) is 0.152. The number of aromatic nitrogens is 2. The Morgan fingerprint density at radius 1 is 1.52 bits per heavy atom. The molecule has 0 aromatic carbocycles. The summed E-state index contributed by atoms with van der Waals surface area (Å²) in [5, 5.41) is 11.4. The summed E-state index contributed by atoms with van der Waals surface area (Å²) >= 11 is 0. The van der Waals surface area contributed by atoms with Gasteiger partial charge in [-0.2, -0.15) is 0 Å². The lowest BCUT2D eigenvalue weighted by atomic mass is 10.2. The van der Waals surface area contributed by atoms with Gasteiger partial charge in [0.15, 0.2) is 9.84 Å². The number of aromatic amines is 1. The van der Waals surface area contributed by atoms with Gasteiger partial charge in [0.1, 0.15) is 5.82 Å². The van der Waals surface area contributed by atoms with E-state index in [2.05, 4.69) is 15.3 Å². The van der Waals surface area contributed by atoms with Crippen molar-refractivity contribution in [1.82, 2.24) is 20.2 Å². The molecule has 1 aromatic heterocycles. The quantitative estimate of drug-likeness (QED) is 0.665. The average molecular weight is 316 g/mol. The Bertz CT molecular complexity index is 613. The van der Waals surface area contributed by atoms with Gasteiger partial charge in [-0.15, -0.1) is 0 Å². The summed E-state index contributed by atoms with van der Waals surface area (Å²) in [4.78, 5) is 30.9. The molecule has 1 fully saturated rings. The highest BCUT2D eigenvalue weighted by atomic mass is 32.2. The van der Waals surface area contributed by atoms with Crippen molar-refractivity contribution in [3.8, 4) is 0 Å². The second-order valence-electron chi connectivity index (χ2n) is 4.75. The third kappa shape index (κ3) is 4.18. The predicted molar refractivity (Wildman–Crippen MR) is 72.2 cm³/mol. The number of amides is 2. The highest BCUT2D eigenvalue weighted by Crippen LogP contribution is 2.15. The Labute approximate surface area is 121 Å². The van der Waals surface area contributed by atoms with Crippen LogP contribution in [0, 0.1) is 0 Å². The number of nitrogens with zero attached hydrogens (tertiary/aromatic N) is 2. The number of carboxylic acid groups (broad SMARTS) is 1. The molecule has 1 unspecified atom stereocenters. The molecule has 0 spiro atoms. The van der Waals surface area contributed by atoms with E-state index in [0.29, 0.717) is 5.82 Å². The zero-order chi connectivity index (χ0) is 15.5. The molecule has 1 atom stereocenters. The fourth-order valence-corrected chi connectivity index (χ4v) is 3.71. The summed E-state index contributed by atoms with van der Waals surface area (Å²) in [6, 6.07) is -1.34. The standard InChI is InChI=1S/C11H16N4O5S/c16-10(17)5-8-7-21(19,20)4-3-15(8)11(18)14-6-9-12-1-2-13-9/h1-2,8H,3-7H2,(H,12,13)(H,14,18)(H,16,17). The van der Waals surface area contributed by atoms with Gasteiger partial charge in [0.05, 0.1) is 30.5 Å². The Morgan fingerprint density at radius 3 is 2.90 bits per heavy atom. The van der Waals surface area contributed by atoms with E-state index in [1.807, 2.05) is 0 Å². The van der Waals surface area contributed by atoms with Gasteiger partial charge in [0, 0.05) is 18.9 Å². The molecule has 0 aliphatic carbocycles. The van der Waals surface area contributed by atoms with E-state index >= 15 is 0 Å². The zero-order valence-electron chi connectivity index (χ0n) is 11.2. The van der Waals surface area contributed by atoms with Crippen molar-refractivity contribution in [2.45, 2.75) is 19.0 Å². The van der Waals surface area contributed by atoms with Gasteiger partial charge in [0.2, 0.25) is 0 Å². The second-order valence-corrected chi connectivity index (χ2v) is 6.98. The van der Waals surface area contributed by atoms with Gasteiger partial charge >= 0.3 is 12.0 Å². The molecule has 0 radical (unpaired) electrons. The van der Waals surface area contributed by atoms with Crippen LogP contribution in [0.1, 0.15) is 12.2 Å². The molecule has 116 valence electrons. The number of carboxylic acids is 1. The fourth-order valence-electron chi connectivity index (χ4n) is 2.18. The van der Waals surface area contributed by atoms with Gasteiger partial charge in [-0.1, -0.05) is 0 Å². The maximum atomic E-state index is 12.1. The average Bonchev–Trinajstić information content (AvgIpc) is 2.87. The molecule has 9 nitrogen and oxygen atoms in total. The molecule has 1 saturated heterocycles. The topological polar surface area (TPSA) is 132 Å². The van der Waals surface area contributed by atoms with Crippen molar-refractivity contribution in [3.05, 3.63) is 18.2 Å². The summed E-state index contributed by atoms with van der Waals surface area (Å²) in [6.07, 6.45) is 2.76. The van der Waals surface area contributed by atoms with E-state index in [-0.39, 0.29) is 24.6 Å². The first-order chi connectivity index (χ1) is 9.87. The smallest absolute Gasteiger partial charge is 0.318 e. The van der Waals surface area contributed by atoms with Crippen molar-refractivity contribution in [2.75, 3.05) is 18.1 Å². The minimum Gasteiger partial charge on any atom is -0.481 e. The van der Waals surface area contributed by atoms with E-state index in [1.165, 1.54) is 4.90 Å². The molecule has 1 aliphatic rings. The third-order valence-corrected chi connectivity index (χ3v) is 4.86. The Balaban J connectivity index is 2.01. The number of hydrogen-bond donors (Lipinski definition) is 3. The lowest BCUT2D eigenvalue weighted by Crippen LogP contribution is -2.54.